The van der Waals surface area contributed by atoms with E-state index in [4.69, 9.17) is 0 Å². The molecular weight excluding hydrogens is 248 g/mol. The number of nitrogens with zero attached hydrogens (tertiary/aromatic N) is 5. The molecule has 0 fully saturated rings. The summed E-state index contributed by atoms with van der Waals surface area (Å²) in [5, 5.41) is 27.5. The number of tetrazole rings is 1. The number of hydrogen-bond acceptors (Lipinski definition) is 5. The highest BCUT2D eigenvalue weighted by Crippen LogP contribution is 2.30. The van der Waals surface area contributed by atoms with Crippen LogP contribution in [0.25, 0.3) is 11.5 Å². The maximum Gasteiger partial charge on any atom is 0.311 e. The van der Waals surface area contributed by atoms with Gasteiger partial charge in [0.25, 0.3) is 0 Å². The van der Waals surface area contributed by atoms with Gasteiger partial charge in [0.1, 0.15) is 5.69 Å². The fraction of sp³-hybridized carbons (Fsp3) is 0.545. The second-order valence-electron chi connectivity index (χ2n) is 4.42. The first kappa shape index (κ1) is 13.2. The summed E-state index contributed by atoms with van der Waals surface area (Å²) in [6.07, 6.45) is 2.63. The molecule has 2 aromatic rings. The topological polar surface area (TPSA) is 110 Å². The van der Waals surface area contributed by atoms with Gasteiger partial charge in [-0.2, -0.15) is 5.10 Å². The van der Waals surface area contributed by atoms with Crippen molar-refractivity contribution in [3.63, 3.8) is 0 Å². The lowest BCUT2D eigenvalue weighted by molar-refractivity contribution is -0.150. The second kappa shape index (κ2) is 5.17. The average molecular weight is 264 g/mol. The largest absolute Gasteiger partial charge is 0.481 e. The minimum atomic E-state index is -0.857. The molecule has 0 saturated heterocycles. The Kier molecular flexibility index (Phi) is 3.59. The molecule has 0 amide bonds. The van der Waals surface area contributed by atoms with Gasteiger partial charge in [-0.05, 0) is 29.3 Å². The molecule has 0 atom stereocenters. The van der Waals surface area contributed by atoms with E-state index in [1.807, 2.05) is 13.8 Å². The van der Waals surface area contributed by atoms with Gasteiger partial charge in [-0.3, -0.25) is 9.89 Å². The maximum atomic E-state index is 11.5. The van der Waals surface area contributed by atoms with Gasteiger partial charge in [0, 0.05) is 6.20 Å². The van der Waals surface area contributed by atoms with Gasteiger partial charge in [0.15, 0.2) is 5.82 Å². The molecule has 0 unspecified atom stereocenters. The van der Waals surface area contributed by atoms with Crippen LogP contribution < -0.4 is 0 Å². The van der Waals surface area contributed by atoms with Crippen LogP contribution in [-0.4, -0.2) is 41.5 Å². The molecule has 0 spiro atoms. The van der Waals surface area contributed by atoms with E-state index in [2.05, 4.69) is 25.7 Å². The van der Waals surface area contributed by atoms with Gasteiger partial charge in [0.05, 0.1) is 12.0 Å². The zero-order valence-electron chi connectivity index (χ0n) is 10.9. The fourth-order valence-electron chi connectivity index (χ4n) is 2.01. The Morgan fingerprint density at radius 3 is 2.74 bits per heavy atom. The standard InChI is InChI=1S/C11H16N6O2/c1-3-11(4-2,10(18)19)7-17-9(14-15-16-17)8-5-6-12-13-8/h5-6H,3-4,7H2,1-2H3,(H,12,13)(H,18,19). The first-order chi connectivity index (χ1) is 9.13. The van der Waals surface area contributed by atoms with Crippen molar-refractivity contribution in [1.82, 2.24) is 30.4 Å². The third-order valence-corrected chi connectivity index (χ3v) is 3.53. The number of hydrogen-bond donors (Lipinski definition) is 2. The van der Waals surface area contributed by atoms with Crippen LogP contribution >= 0.6 is 0 Å². The summed E-state index contributed by atoms with van der Waals surface area (Å²) in [5.41, 5.74) is -0.194. The minimum Gasteiger partial charge on any atom is -0.481 e. The summed E-state index contributed by atoms with van der Waals surface area (Å²) in [6.45, 7) is 3.95. The number of aromatic amines is 1. The summed E-state index contributed by atoms with van der Waals surface area (Å²) >= 11 is 0. The monoisotopic (exact) mass is 264 g/mol. The van der Waals surface area contributed by atoms with Crippen LogP contribution in [0.15, 0.2) is 12.3 Å². The van der Waals surface area contributed by atoms with E-state index in [1.54, 1.807) is 12.3 Å². The van der Waals surface area contributed by atoms with E-state index < -0.39 is 11.4 Å². The summed E-state index contributed by atoms with van der Waals surface area (Å²) in [5.74, 6) is -0.339. The Balaban J connectivity index is 2.34. The van der Waals surface area contributed by atoms with Crippen LogP contribution in [-0.2, 0) is 11.3 Å². The van der Waals surface area contributed by atoms with Crippen LogP contribution in [0.3, 0.4) is 0 Å². The van der Waals surface area contributed by atoms with E-state index in [0.29, 0.717) is 24.4 Å². The lowest BCUT2D eigenvalue weighted by Gasteiger charge is -2.26. The van der Waals surface area contributed by atoms with Crippen molar-refractivity contribution in [2.45, 2.75) is 33.2 Å². The zero-order chi connectivity index (χ0) is 13.9. The van der Waals surface area contributed by atoms with Crippen LogP contribution in [0.5, 0.6) is 0 Å². The second-order valence-corrected chi connectivity index (χ2v) is 4.42. The van der Waals surface area contributed by atoms with E-state index in [-0.39, 0.29) is 6.54 Å². The summed E-state index contributed by atoms with van der Waals surface area (Å²) in [4.78, 5) is 11.5. The lowest BCUT2D eigenvalue weighted by Crippen LogP contribution is -2.35. The molecule has 2 heterocycles. The third-order valence-electron chi connectivity index (χ3n) is 3.53. The van der Waals surface area contributed by atoms with Gasteiger partial charge in [0.2, 0.25) is 0 Å². The van der Waals surface area contributed by atoms with Crippen LogP contribution in [0.4, 0.5) is 0 Å². The molecule has 0 aliphatic heterocycles. The van der Waals surface area contributed by atoms with Gasteiger partial charge >= 0.3 is 5.97 Å². The smallest absolute Gasteiger partial charge is 0.311 e. The zero-order valence-corrected chi connectivity index (χ0v) is 10.9. The number of carbonyl (C=O) groups is 1. The van der Waals surface area contributed by atoms with Crippen molar-refractivity contribution in [1.29, 1.82) is 0 Å². The molecule has 0 bridgehead atoms. The normalized spacial score (nSPS) is 11.7. The van der Waals surface area contributed by atoms with Crippen molar-refractivity contribution in [2.24, 2.45) is 5.41 Å². The molecule has 0 aliphatic carbocycles. The van der Waals surface area contributed by atoms with Crippen molar-refractivity contribution < 1.29 is 9.90 Å². The number of nitrogens with one attached hydrogen (secondary N) is 1. The molecule has 0 radical (unpaired) electrons. The molecule has 2 aromatic heterocycles. The van der Waals surface area contributed by atoms with E-state index in [0.717, 1.165) is 0 Å². The Bertz CT molecular complexity index is 543. The highest BCUT2D eigenvalue weighted by Gasteiger charge is 2.36. The molecule has 2 N–H and O–H groups in total. The fourth-order valence-corrected chi connectivity index (χ4v) is 2.01. The van der Waals surface area contributed by atoms with E-state index in [9.17, 15) is 9.90 Å². The number of rotatable bonds is 6. The van der Waals surface area contributed by atoms with Crippen molar-refractivity contribution in [3.8, 4) is 11.5 Å². The molecular formula is C11H16N6O2. The Morgan fingerprint density at radius 2 is 2.21 bits per heavy atom. The molecule has 8 nitrogen and oxygen atoms in total. The van der Waals surface area contributed by atoms with E-state index in [1.165, 1.54) is 4.68 Å². The first-order valence-electron chi connectivity index (χ1n) is 6.12. The molecule has 0 saturated carbocycles. The molecule has 102 valence electrons. The molecule has 0 aromatic carbocycles. The maximum absolute atomic E-state index is 11.5. The average Bonchev–Trinajstić information content (AvgIpc) is 3.06. The van der Waals surface area contributed by atoms with Crippen LogP contribution in [0.2, 0.25) is 0 Å². The number of carboxylic acid groups (broad SMARTS) is 1. The van der Waals surface area contributed by atoms with Crippen molar-refractivity contribution in [2.75, 3.05) is 0 Å². The summed E-state index contributed by atoms with van der Waals surface area (Å²) < 4.78 is 1.51. The first-order valence-corrected chi connectivity index (χ1v) is 6.12. The molecule has 2 rings (SSSR count). The predicted octanol–water partition coefficient (Wildman–Crippen LogP) is 0.954. The highest BCUT2D eigenvalue weighted by atomic mass is 16.4. The number of H-pyrrole nitrogens is 1. The van der Waals surface area contributed by atoms with Gasteiger partial charge < -0.3 is 5.11 Å². The summed E-state index contributed by atoms with van der Waals surface area (Å²) in [6, 6.07) is 1.74. The van der Waals surface area contributed by atoms with Crippen LogP contribution in [0.1, 0.15) is 26.7 Å². The highest BCUT2D eigenvalue weighted by molar-refractivity contribution is 5.74. The minimum absolute atomic E-state index is 0.233. The van der Waals surface area contributed by atoms with Gasteiger partial charge in [-0.1, -0.05) is 13.8 Å². The molecule has 0 aliphatic rings. The quantitative estimate of drug-likeness (QED) is 0.804. The van der Waals surface area contributed by atoms with Gasteiger partial charge in [-0.25, -0.2) is 4.68 Å². The van der Waals surface area contributed by atoms with Gasteiger partial charge in [-0.15, -0.1) is 5.10 Å². The molecule has 8 heteroatoms. The molecule has 19 heavy (non-hydrogen) atoms. The van der Waals surface area contributed by atoms with E-state index >= 15 is 0 Å². The van der Waals surface area contributed by atoms with Crippen LogP contribution in [0, 0.1) is 5.41 Å². The summed E-state index contributed by atoms with van der Waals surface area (Å²) in [7, 11) is 0. The van der Waals surface area contributed by atoms with Crippen molar-refractivity contribution in [3.05, 3.63) is 12.3 Å². The predicted molar refractivity (Wildman–Crippen MR) is 66.0 cm³/mol. The third kappa shape index (κ3) is 2.33. The number of carboxylic acids is 1. The Labute approximate surface area is 109 Å². The lowest BCUT2D eigenvalue weighted by atomic mass is 9.82. The SMILES string of the molecule is CCC(CC)(Cn1nnnc1-c1ccn[nH]1)C(=O)O. The number of aliphatic carboxylic acids is 1. The number of aromatic nitrogens is 6. The Morgan fingerprint density at radius 1 is 1.47 bits per heavy atom. The Hall–Kier alpha value is -2.25. The van der Waals surface area contributed by atoms with Crippen molar-refractivity contribution >= 4 is 5.97 Å².